The molecule has 0 aliphatic rings. The maximum atomic E-state index is 4.70. The smallest absolute Gasteiger partial charge is 0.107 e. The van der Waals surface area contributed by atoms with E-state index in [9.17, 15) is 0 Å². The zero-order valence-corrected chi connectivity index (χ0v) is 13.8. The number of rotatable bonds is 4. The molecular formula is C17H24N2S. The minimum atomic E-state index is 0.201. The van der Waals surface area contributed by atoms with Gasteiger partial charge in [-0.25, -0.2) is 4.98 Å². The molecule has 1 aromatic carbocycles. The Bertz CT molecular complexity index is 547. The van der Waals surface area contributed by atoms with Crippen molar-refractivity contribution < 1.29 is 0 Å². The molecule has 2 aromatic rings. The Kier molecular flexibility index (Phi) is 4.61. The van der Waals surface area contributed by atoms with Crippen LogP contribution in [0, 0.1) is 0 Å². The summed E-state index contributed by atoms with van der Waals surface area (Å²) < 4.78 is 0. The lowest BCUT2D eigenvalue weighted by Crippen LogP contribution is -2.21. The molecule has 0 bridgehead atoms. The lowest BCUT2D eigenvalue weighted by molar-refractivity contribution is 0.587. The fourth-order valence-corrected chi connectivity index (χ4v) is 2.71. The molecule has 1 aromatic heterocycles. The number of hydrogen-bond acceptors (Lipinski definition) is 3. The molecule has 1 heterocycles. The lowest BCUT2D eigenvalue weighted by atomic mass is 9.86. The Morgan fingerprint density at radius 1 is 1.15 bits per heavy atom. The number of thiazole rings is 1. The fraction of sp³-hybridized carbons (Fsp3) is 0.471. The van der Waals surface area contributed by atoms with Gasteiger partial charge < -0.3 is 5.32 Å². The molecular weight excluding hydrogens is 264 g/mol. The average Bonchev–Trinajstić information content (AvgIpc) is 2.84. The standard InChI is InChI=1S/C17H24N2S/c1-12(2)18-10-16-19-15(11-20-16)13-6-8-14(9-7-13)17(3,4)5/h6-9,11-12,18H,10H2,1-5H3. The van der Waals surface area contributed by atoms with Crippen molar-refractivity contribution >= 4 is 11.3 Å². The Labute approximate surface area is 126 Å². The van der Waals surface area contributed by atoms with Crippen LogP contribution in [0.4, 0.5) is 0 Å². The van der Waals surface area contributed by atoms with Crippen LogP contribution < -0.4 is 5.32 Å². The number of nitrogens with one attached hydrogen (secondary N) is 1. The molecule has 0 amide bonds. The van der Waals surface area contributed by atoms with E-state index in [1.165, 1.54) is 11.1 Å². The zero-order chi connectivity index (χ0) is 14.8. The molecule has 0 spiro atoms. The third-order valence-electron chi connectivity index (χ3n) is 3.26. The summed E-state index contributed by atoms with van der Waals surface area (Å²) in [5.41, 5.74) is 3.84. The van der Waals surface area contributed by atoms with Crippen LogP contribution in [0.15, 0.2) is 29.6 Å². The molecule has 3 heteroatoms. The quantitative estimate of drug-likeness (QED) is 0.889. The second-order valence-electron chi connectivity index (χ2n) is 6.49. The van der Waals surface area contributed by atoms with Crippen LogP contribution in [0.2, 0.25) is 0 Å². The van der Waals surface area contributed by atoms with Crippen LogP contribution >= 0.6 is 11.3 Å². The van der Waals surface area contributed by atoms with Crippen molar-refractivity contribution in [1.82, 2.24) is 10.3 Å². The molecule has 2 nitrogen and oxygen atoms in total. The summed E-state index contributed by atoms with van der Waals surface area (Å²) in [5, 5.41) is 6.69. The summed E-state index contributed by atoms with van der Waals surface area (Å²) in [6.07, 6.45) is 0. The van der Waals surface area contributed by atoms with Gasteiger partial charge in [-0.05, 0) is 11.0 Å². The summed E-state index contributed by atoms with van der Waals surface area (Å²) in [4.78, 5) is 4.70. The molecule has 0 aliphatic carbocycles. The first-order chi connectivity index (χ1) is 9.36. The second-order valence-corrected chi connectivity index (χ2v) is 7.43. The highest BCUT2D eigenvalue weighted by atomic mass is 32.1. The predicted octanol–water partition coefficient (Wildman–Crippen LogP) is 4.61. The van der Waals surface area contributed by atoms with Gasteiger partial charge in [0.15, 0.2) is 0 Å². The van der Waals surface area contributed by atoms with Gasteiger partial charge in [-0.1, -0.05) is 58.9 Å². The summed E-state index contributed by atoms with van der Waals surface area (Å²) in [6, 6.07) is 9.26. The van der Waals surface area contributed by atoms with E-state index in [0.29, 0.717) is 6.04 Å². The third-order valence-corrected chi connectivity index (χ3v) is 4.11. The fourth-order valence-electron chi connectivity index (χ4n) is 1.96. The van der Waals surface area contributed by atoms with Crippen molar-refractivity contribution in [3.63, 3.8) is 0 Å². The van der Waals surface area contributed by atoms with Crippen molar-refractivity contribution in [2.75, 3.05) is 0 Å². The Hall–Kier alpha value is -1.19. The van der Waals surface area contributed by atoms with Gasteiger partial charge >= 0.3 is 0 Å². The van der Waals surface area contributed by atoms with Crippen LogP contribution in [0.5, 0.6) is 0 Å². The van der Waals surface area contributed by atoms with E-state index in [2.05, 4.69) is 69.6 Å². The van der Waals surface area contributed by atoms with E-state index < -0.39 is 0 Å². The maximum absolute atomic E-state index is 4.70. The van der Waals surface area contributed by atoms with Crippen LogP contribution in [0.25, 0.3) is 11.3 Å². The Morgan fingerprint density at radius 3 is 2.35 bits per heavy atom. The summed E-state index contributed by atoms with van der Waals surface area (Å²) in [6.45, 7) is 11.9. The molecule has 0 aliphatic heterocycles. The van der Waals surface area contributed by atoms with Gasteiger partial charge in [0, 0.05) is 23.5 Å². The highest BCUT2D eigenvalue weighted by Gasteiger charge is 2.13. The third kappa shape index (κ3) is 3.90. The summed E-state index contributed by atoms with van der Waals surface area (Å²) >= 11 is 1.72. The number of benzene rings is 1. The minimum Gasteiger partial charge on any atom is -0.308 e. The van der Waals surface area contributed by atoms with Crippen LogP contribution in [0.3, 0.4) is 0 Å². The van der Waals surface area contributed by atoms with E-state index in [0.717, 1.165) is 17.2 Å². The first kappa shape index (κ1) is 15.2. The Balaban J connectivity index is 2.12. The van der Waals surface area contributed by atoms with Gasteiger partial charge in [0.1, 0.15) is 5.01 Å². The minimum absolute atomic E-state index is 0.201. The van der Waals surface area contributed by atoms with E-state index in [1.54, 1.807) is 11.3 Å². The highest BCUT2D eigenvalue weighted by Crippen LogP contribution is 2.26. The first-order valence-corrected chi connectivity index (χ1v) is 8.03. The molecule has 0 saturated carbocycles. The molecule has 0 unspecified atom stereocenters. The molecule has 20 heavy (non-hydrogen) atoms. The molecule has 108 valence electrons. The first-order valence-electron chi connectivity index (χ1n) is 7.15. The predicted molar refractivity (Wildman–Crippen MR) is 88.2 cm³/mol. The molecule has 0 fully saturated rings. The van der Waals surface area contributed by atoms with Gasteiger partial charge in [-0.15, -0.1) is 11.3 Å². The monoisotopic (exact) mass is 288 g/mol. The maximum Gasteiger partial charge on any atom is 0.107 e. The van der Waals surface area contributed by atoms with Crippen molar-refractivity contribution in [3.8, 4) is 11.3 Å². The zero-order valence-electron chi connectivity index (χ0n) is 13.0. The van der Waals surface area contributed by atoms with Crippen LogP contribution in [0.1, 0.15) is 45.2 Å². The van der Waals surface area contributed by atoms with Crippen molar-refractivity contribution in [2.45, 2.75) is 52.6 Å². The lowest BCUT2D eigenvalue weighted by Gasteiger charge is -2.18. The summed E-state index contributed by atoms with van der Waals surface area (Å²) in [7, 11) is 0. The topological polar surface area (TPSA) is 24.9 Å². The van der Waals surface area contributed by atoms with E-state index in [1.807, 2.05) is 0 Å². The molecule has 0 atom stereocenters. The number of hydrogen-bond donors (Lipinski definition) is 1. The largest absolute Gasteiger partial charge is 0.308 e. The highest BCUT2D eigenvalue weighted by molar-refractivity contribution is 7.09. The van der Waals surface area contributed by atoms with Gasteiger partial charge in [0.05, 0.1) is 5.69 Å². The molecule has 2 rings (SSSR count). The van der Waals surface area contributed by atoms with E-state index in [-0.39, 0.29) is 5.41 Å². The van der Waals surface area contributed by atoms with Crippen LogP contribution in [-0.2, 0) is 12.0 Å². The Morgan fingerprint density at radius 2 is 1.80 bits per heavy atom. The van der Waals surface area contributed by atoms with Crippen LogP contribution in [-0.4, -0.2) is 11.0 Å². The number of aromatic nitrogens is 1. The van der Waals surface area contributed by atoms with E-state index >= 15 is 0 Å². The van der Waals surface area contributed by atoms with Gasteiger partial charge in [0.2, 0.25) is 0 Å². The molecule has 1 N–H and O–H groups in total. The number of nitrogens with zero attached hydrogens (tertiary/aromatic N) is 1. The second kappa shape index (κ2) is 6.06. The molecule has 0 radical (unpaired) electrons. The van der Waals surface area contributed by atoms with Gasteiger partial charge in [-0.3, -0.25) is 0 Å². The SMILES string of the molecule is CC(C)NCc1nc(-c2ccc(C(C)(C)C)cc2)cs1. The summed E-state index contributed by atoms with van der Waals surface area (Å²) in [5.74, 6) is 0. The van der Waals surface area contributed by atoms with Gasteiger partial charge in [0.25, 0.3) is 0 Å². The van der Waals surface area contributed by atoms with E-state index in [4.69, 9.17) is 4.98 Å². The van der Waals surface area contributed by atoms with Crippen molar-refractivity contribution in [1.29, 1.82) is 0 Å². The molecule has 0 saturated heterocycles. The average molecular weight is 288 g/mol. The van der Waals surface area contributed by atoms with Crippen molar-refractivity contribution in [2.24, 2.45) is 0 Å². The van der Waals surface area contributed by atoms with Gasteiger partial charge in [-0.2, -0.15) is 0 Å². The van der Waals surface area contributed by atoms with Crippen molar-refractivity contribution in [3.05, 3.63) is 40.2 Å². The normalized spacial score (nSPS) is 12.1.